The number of sulfonamides is 1. The molecule has 3 unspecified atom stereocenters. The van der Waals surface area contributed by atoms with Crippen LogP contribution >= 0.6 is 0 Å². The maximum atomic E-state index is 13.8. The van der Waals surface area contributed by atoms with Crippen molar-refractivity contribution in [1.82, 2.24) is 19.5 Å². The van der Waals surface area contributed by atoms with E-state index >= 15 is 0 Å². The lowest BCUT2D eigenvalue weighted by molar-refractivity contribution is -0.138. The molecular weight excluding hydrogens is 516 g/mol. The lowest BCUT2D eigenvalue weighted by atomic mass is 10.0. The van der Waals surface area contributed by atoms with Crippen molar-refractivity contribution in [3.8, 4) is 0 Å². The van der Waals surface area contributed by atoms with Crippen LogP contribution in [0.15, 0.2) is 67.0 Å². The van der Waals surface area contributed by atoms with E-state index in [4.69, 9.17) is 0 Å². The first-order valence-electron chi connectivity index (χ1n) is 13.2. The lowest BCUT2D eigenvalue weighted by Crippen LogP contribution is -2.53. The van der Waals surface area contributed by atoms with E-state index in [9.17, 15) is 22.8 Å². The first kappa shape index (κ1) is 27.0. The van der Waals surface area contributed by atoms with Gasteiger partial charge in [0.25, 0.3) is 5.91 Å². The number of carbonyl (C=O) groups excluding carboxylic acids is 3. The van der Waals surface area contributed by atoms with Gasteiger partial charge in [-0.15, -0.1) is 0 Å². The fourth-order valence-electron chi connectivity index (χ4n) is 5.62. The van der Waals surface area contributed by atoms with Crippen molar-refractivity contribution in [3.05, 3.63) is 78.1 Å². The van der Waals surface area contributed by atoms with E-state index in [-0.39, 0.29) is 42.4 Å². The smallest absolute Gasteiger partial charge is 0.251 e. The minimum absolute atomic E-state index is 0.102. The number of fused-ring (bicyclic) bond motifs is 2. The van der Waals surface area contributed by atoms with Gasteiger partial charge in [-0.25, -0.2) is 8.42 Å². The Bertz CT molecular complexity index is 1510. The quantitative estimate of drug-likeness (QED) is 0.463. The van der Waals surface area contributed by atoms with E-state index in [1.807, 2.05) is 44.2 Å². The van der Waals surface area contributed by atoms with Crippen LogP contribution in [0.5, 0.6) is 0 Å². The van der Waals surface area contributed by atoms with E-state index in [2.05, 4.69) is 10.3 Å². The molecule has 3 heterocycles. The first-order valence-corrected chi connectivity index (χ1v) is 14.8. The maximum Gasteiger partial charge on any atom is 0.251 e. The molecule has 5 rings (SSSR count). The molecule has 0 saturated carbocycles. The molecule has 3 atom stereocenters. The summed E-state index contributed by atoms with van der Waals surface area (Å²) in [7, 11) is -3.80. The van der Waals surface area contributed by atoms with Crippen LogP contribution in [0.3, 0.4) is 0 Å². The Balaban J connectivity index is 1.33. The standard InChI is InChI=1S/C29H32N4O5S/c1-19(2)14-24(31-28(35)23-10-9-21-7-3-4-8-22(21)15-23)29(36)32-13-11-25-27(32)26(34)17-33(25)39(37,38)18-20-6-5-12-30-16-20/h3-10,12,15-16,19,24-25,27H,11,13-14,17-18H2,1-2H3,(H,31,35). The monoisotopic (exact) mass is 548 g/mol. The second-order valence-electron chi connectivity index (χ2n) is 10.7. The molecule has 0 bridgehead atoms. The number of nitrogens with zero attached hydrogens (tertiary/aromatic N) is 3. The Kier molecular flexibility index (Phi) is 7.51. The molecule has 0 spiro atoms. The molecule has 2 aliphatic heterocycles. The molecule has 1 N–H and O–H groups in total. The number of pyridine rings is 1. The van der Waals surface area contributed by atoms with Crippen LogP contribution in [0.25, 0.3) is 10.8 Å². The maximum absolute atomic E-state index is 13.8. The first-order chi connectivity index (χ1) is 18.6. The molecule has 2 amide bonds. The highest BCUT2D eigenvalue weighted by molar-refractivity contribution is 7.88. The molecule has 9 nitrogen and oxygen atoms in total. The Hall–Kier alpha value is -3.63. The number of nitrogens with one attached hydrogen (secondary N) is 1. The number of likely N-dealkylation sites (tertiary alicyclic amines) is 1. The highest BCUT2D eigenvalue weighted by atomic mass is 32.2. The van der Waals surface area contributed by atoms with Crippen LogP contribution in [-0.2, 0) is 25.4 Å². The van der Waals surface area contributed by atoms with Gasteiger partial charge in [-0.05, 0) is 53.3 Å². The van der Waals surface area contributed by atoms with Gasteiger partial charge in [0.2, 0.25) is 15.9 Å². The van der Waals surface area contributed by atoms with E-state index in [1.54, 1.807) is 30.5 Å². The molecule has 2 aromatic carbocycles. The Morgan fingerprint density at radius 3 is 2.56 bits per heavy atom. The van der Waals surface area contributed by atoms with Gasteiger partial charge < -0.3 is 10.2 Å². The fraction of sp³-hybridized carbons (Fsp3) is 0.379. The van der Waals surface area contributed by atoms with Crippen molar-refractivity contribution < 1.29 is 22.8 Å². The number of benzene rings is 2. The molecule has 1 aromatic heterocycles. The molecule has 0 radical (unpaired) electrons. The van der Waals surface area contributed by atoms with Gasteiger partial charge in [-0.2, -0.15) is 4.31 Å². The summed E-state index contributed by atoms with van der Waals surface area (Å²) in [6, 6.07) is 14.1. The summed E-state index contributed by atoms with van der Waals surface area (Å²) in [6.07, 6.45) is 3.81. The summed E-state index contributed by atoms with van der Waals surface area (Å²) >= 11 is 0. The van der Waals surface area contributed by atoms with Gasteiger partial charge in [0.1, 0.15) is 12.1 Å². The molecule has 2 saturated heterocycles. The van der Waals surface area contributed by atoms with Crippen LogP contribution in [0.2, 0.25) is 0 Å². The summed E-state index contributed by atoms with van der Waals surface area (Å²) in [5, 5.41) is 4.82. The normalized spacial score (nSPS) is 20.4. The van der Waals surface area contributed by atoms with Crippen LogP contribution in [0, 0.1) is 5.92 Å². The minimum Gasteiger partial charge on any atom is -0.340 e. The topological polar surface area (TPSA) is 117 Å². The average Bonchev–Trinajstić information content (AvgIpc) is 3.49. The molecule has 10 heteroatoms. The van der Waals surface area contributed by atoms with Crippen molar-refractivity contribution in [1.29, 1.82) is 0 Å². The number of rotatable bonds is 8. The Labute approximate surface area is 228 Å². The lowest BCUT2D eigenvalue weighted by Gasteiger charge is -2.29. The van der Waals surface area contributed by atoms with Crippen LogP contribution in [0.1, 0.15) is 42.6 Å². The second kappa shape index (κ2) is 10.9. The molecule has 39 heavy (non-hydrogen) atoms. The molecule has 3 aromatic rings. The van der Waals surface area contributed by atoms with Crippen molar-refractivity contribution in [2.75, 3.05) is 13.1 Å². The summed E-state index contributed by atoms with van der Waals surface area (Å²) < 4.78 is 27.7. The molecule has 2 aliphatic rings. The van der Waals surface area contributed by atoms with Crippen molar-refractivity contribution in [2.24, 2.45) is 5.92 Å². The number of hydrogen-bond donors (Lipinski definition) is 1. The van der Waals surface area contributed by atoms with E-state index in [0.29, 0.717) is 24.0 Å². The third-order valence-corrected chi connectivity index (χ3v) is 9.22. The zero-order chi connectivity index (χ0) is 27.7. The fourth-order valence-corrected chi connectivity index (χ4v) is 7.34. The van der Waals surface area contributed by atoms with Crippen LogP contribution in [0.4, 0.5) is 0 Å². The summed E-state index contributed by atoms with van der Waals surface area (Å²) in [4.78, 5) is 45.5. The number of ketones is 1. The minimum atomic E-state index is -3.80. The molecule has 2 fully saturated rings. The van der Waals surface area contributed by atoms with Gasteiger partial charge in [0, 0.05) is 24.5 Å². The van der Waals surface area contributed by atoms with Gasteiger partial charge in [-0.1, -0.05) is 50.2 Å². The highest BCUT2D eigenvalue weighted by Gasteiger charge is 2.54. The van der Waals surface area contributed by atoms with Gasteiger partial charge in [-0.3, -0.25) is 19.4 Å². The Morgan fingerprint density at radius 2 is 1.85 bits per heavy atom. The SMILES string of the molecule is CC(C)CC(NC(=O)c1ccc2ccccc2c1)C(=O)N1CCC2C1C(=O)CN2S(=O)(=O)Cc1cccnc1. The molecular formula is C29H32N4O5S. The average molecular weight is 549 g/mol. The Morgan fingerprint density at radius 1 is 1.08 bits per heavy atom. The molecule has 0 aliphatic carbocycles. The van der Waals surface area contributed by atoms with Gasteiger partial charge in [0.15, 0.2) is 5.78 Å². The van der Waals surface area contributed by atoms with Crippen LogP contribution in [-0.4, -0.2) is 71.4 Å². The predicted molar refractivity (Wildman–Crippen MR) is 147 cm³/mol. The van der Waals surface area contributed by atoms with E-state index in [1.165, 1.54) is 15.4 Å². The third kappa shape index (κ3) is 5.58. The largest absolute Gasteiger partial charge is 0.340 e. The van der Waals surface area contributed by atoms with E-state index in [0.717, 1.165) is 10.8 Å². The number of Topliss-reactive ketones (excluding diaryl/α,β-unsaturated/α-hetero) is 1. The molecule has 204 valence electrons. The number of amides is 2. The summed E-state index contributed by atoms with van der Waals surface area (Å²) in [5.74, 6) is -1.18. The highest BCUT2D eigenvalue weighted by Crippen LogP contribution is 2.33. The van der Waals surface area contributed by atoms with Gasteiger partial charge in [0.05, 0.1) is 18.3 Å². The van der Waals surface area contributed by atoms with Crippen molar-refractivity contribution in [2.45, 2.75) is 50.6 Å². The third-order valence-electron chi connectivity index (χ3n) is 7.41. The summed E-state index contributed by atoms with van der Waals surface area (Å²) in [5.41, 5.74) is 0.979. The predicted octanol–water partition coefficient (Wildman–Crippen LogP) is 2.76. The van der Waals surface area contributed by atoms with Crippen LogP contribution < -0.4 is 5.32 Å². The summed E-state index contributed by atoms with van der Waals surface area (Å²) in [6.45, 7) is 3.91. The number of aromatic nitrogens is 1. The zero-order valence-corrected chi connectivity index (χ0v) is 22.8. The van der Waals surface area contributed by atoms with E-state index < -0.39 is 28.1 Å². The second-order valence-corrected chi connectivity index (χ2v) is 12.6. The number of carbonyl (C=O) groups is 3. The number of hydrogen-bond acceptors (Lipinski definition) is 6. The zero-order valence-electron chi connectivity index (χ0n) is 22.0. The van der Waals surface area contributed by atoms with Crippen molar-refractivity contribution >= 4 is 38.4 Å². The van der Waals surface area contributed by atoms with Crippen molar-refractivity contribution in [3.63, 3.8) is 0 Å². The van der Waals surface area contributed by atoms with Gasteiger partial charge >= 0.3 is 0 Å².